The molecule has 0 amide bonds. The maximum absolute atomic E-state index is 13.6. The molecule has 0 atom stereocenters. The number of ether oxygens (including phenoxy) is 1. The van der Waals surface area contributed by atoms with Gasteiger partial charge < -0.3 is 9.30 Å². The molecule has 1 fully saturated rings. The van der Waals surface area contributed by atoms with Crippen LogP contribution in [0.25, 0.3) is 10.9 Å². The normalized spacial score (nSPS) is 15.4. The quantitative estimate of drug-likeness (QED) is 0.293. The fourth-order valence-corrected chi connectivity index (χ4v) is 7.04. The number of nitrogens with zero attached hydrogens (tertiary/aromatic N) is 2. The Balaban J connectivity index is 1.42. The molecule has 1 aliphatic heterocycles. The fourth-order valence-electron chi connectivity index (χ4n) is 5.30. The number of para-hydroxylation sites is 1. The third-order valence-electron chi connectivity index (χ3n) is 7.15. The third kappa shape index (κ3) is 4.51. The average molecular weight is 527 g/mol. The summed E-state index contributed by atoms with van der Waals surface area (Å²) in [6.45, 7) is 3.68. The van der Waals surface area contributed by atoms with Crippen molar-refractivity contribution in [2.24, 2.45) is 0 Å². The first kappa shape index (κ1) is 24.8. The topological polar surface area (TPSA) is 51.5 Å². The van der Waals surface area contributed by atoms with Crippen LogP contribution in [0.4, 0.5) is 4.39 Å². The van der Waals surface area contributed by atoms with Gasteiger partial charge in [0.25, 0.3) is 0 Å². The second-order valence-corrected chi connectivity index (χ2v) is 11.6. The van der Waals surface area contributed by atoms with Gasteiger partial charge in [-0.25, -0.2) is 12.8 Å². The van der Waals surface area contributed by atoms with Gasteiger partial charge in [0.1, 0.15) is 11.6 Å². The van der Waals surface area contributed by atoms with Crippen LogP contribution >= 0.6 is 11.6 Å². The number of methoxy groups -OCH3 is 1. The van der Waals surface area contributed by atoms with Gasteiger partial charge in [-0.15, -0.1) is 0 Å². The number of piperidine rings is 1. The molecule has 0 radical (unpaired) electrons. The summed E-state index contributed by atoms with van der Waals surface area (Å²) in [5.74, 6) is 0.442. The van der Waals surface area contributed by atoms with E-state index in [4.69, 9.17) is 16.3 Å². The minimum absolute atomic E-state index is 0.0263. The Morgan fingerprint density at radius 3 is 2.50 bits per heavy atom. The lowest BCUT2D eigenvalue weighted by Gasteiger charge is -2.31. The Kier molecular flexibility index (Phi) is 6.81. The summed E-state index contributed by atoms with van der Waals surface area (Å²) in [6, 6.07) is 20.1. The Morgan fingerprint density at radius 1 is 1.03 bits per heavy atom. The van der Waals surface area contributed by atoms with Crippen molar-refractivity contribution in [3.05, 3.63) is 94.4 Å². The van der Waals surface area contributed by atoms with Gasteiger partial charge in [-0.2, -0.15) is 4.31 Å². The first-order valence-electron chi connectivity index (χ1n) is 12.0. The molecule has 3 aromatic carbocycles. The summed E-state index contributed by atoms with van der Waals surface area (Å²) in [5.41, 5.74) is 4.81. The number of rotatable bonds is 6. The molecule has 4 aromatic rings. The summed E-state index contributed by atoms with van der Waals surface area (Å²) in [5, 5.41) is 1.02. The predicted molar refractivity (Wildman–Crippen MR) is 141 cm³/mol. The van der Waals surface area contributed by atoms with E-state index in [0.717, 1.165) is 23.9 Å². The van der Waals surface area contributed by atoms with Gasteiger partial charge in [0.2, 0.25) is 10.0 Å². The molecule has 0 saturated carbocycles. The van der Waals surface area contributed by atoms with E-state index in [-0.39, 0.29) is 15.8 Å². The minimum Gasteiger partial charge on any atom is -0.497 e. The SMILES string of the molecule is COc1cccc(Cn2c(C)c(C3CCN(S(=O)(=O)c4ccc(F)c(Cl)c4)CC3)c3ccccc32)c1. The summed E-state index contributed by atoms with van der Waals surface area (Å²) < 4.78 is 49.1. The number of sulfonamides is 1. The molecule has 8 heteroatoms. The van der Waals surface area contributed by atoms with Crippen LogP contribution in [0.2, 0.25) is 5.02 Å². The van der Waals surface area contributed by atoms with Gasteiger partial charge in [-0.3, -0.25) is 0 Å². The van der Waals surface area contributed by atoms with Crippen molar-refractivity contribution in [1.82, 2.24) is 8.87 Å². The van der Waals surface area contributed by atoms with Gasteiger partial charge in [0.15, 0.2) is 0 Å². The molecule has 188 valence electrons. The molecule has 1 saturated heterocycles. The monoisotopic (exact) mass is 526 g/mol. The van der Waals surface area contributed by atoms with Crippen LogP contribution in [0.15, 0.2) is 71.6 Å². The zero-order chi connectivity index (χ0) is 25.4. The second-order valence-electron chi connectivity index (χ2n) is 9.21. The van der Waals surface area contributed by atoms with Crippen LogP contribution < -0.4 is 4.74 Å². The summed E-state index contributed by atoms with van der Waals surface area (Å²) in [4.78, 5) is 0.0263. The second kappa shape index (κ2) is 9.88. The molecule has 0 N–H and O–H groups in total. The number of benzene rings is 3. The summed E-state index contributed by atoms with van der Waals surface area (Å²) >= 11 is 5.84. The molecule has 2 heterocycles. The first-order valence-corrected chi connectivity index (χ1v) is 13.8. The molecule has 0 aliphatic carbocycles. The van der Waals surface area contributed by atoms with E-state index in [1.165, 1.54) is 38.6 Å². The largest absolute Gasteiger partial charge is 0.497 e. The lowest BCUT2D eigenvalue weighted by Crippen LogP contribution is -2.38. The minimum atomic E-state index is -3.74. The number of halogens is 2. The van der Waals surface area contributed by atoms with Crippen molar-refractivity contribution in [2.45, 2.75) is 37.1 Å². The van der Waals surface area contributed by atoms with Crippen molar-refractivity contribution < 1.29 is 17.5 Å². The zero-order valence-corrected chi connectivity index (χ0v) is 21.8. The summed E-state index contributed by atoms with van der Waals surface area (Å²) in [6.07, 6.45) is 1.42. The van der Waals surface area contributed by atoms with Gasteiger partial charge in [0, 0.05) is 36.2 Å². The maximum Gasteiger partial charge on any atom is 0.243 e. The van der Waals surface area contributed by atoms with E-state index in [1.54, 1.807) is 7.11 Å². The van der Waals surface area contributed by atoms with Gasteiger partial charge in [0.05, 0.1) is 17.0 Å². The number of hydrogen-bond donors (Lipinski definition) is 0. The molecule has 0 spiro atoms. The van der Waals surface area contributed by atoms with Crippen molar-refractivity contribution in [3.63, 3.8) is 0 Å². The third-order valence-corrected chi connectivity index (χ3v) is 9.33. The lowest BCUT2D eigenvalue weighted by atomic mass is 9.88. The van der Waals surface area contributed by atoms with Gasteiger partial charge in [-0.05, 0) is 73.2 Å². The number of fused-ring (bicyclic) bond motifs is 1. The van der Waals surface area contributed by atoms with Gasteiger partial charge in [-0.1, -0.05) is 41.9 Å². The van der Waals surface area contributed by atoms with Crippen LogP contribution in [-0.4, -0.2) is 37.5 Å². The predicted octanol–water partition coefficient (Wildman–Crippen LogP) is 6.37. The maximum atomic E-state index is 13.6. The van der Waals surface area contributed by atoms with Crippen LogP contribution in [0.1, 0.15) is 35.6 Å². The van der Waals surface area contributed by atoms with E-state index in [2.05, 4.69) is 47.9 Å². The van der Waals surface area contributed by atoms with Crippen molar-refractivity contribution in [1.29, 1.82) is 0 Å². The molecular formula is C28H28ClFN2O3S. The molecule has 5 nitrogen and oxygen atoms in total. The highest BCUT2D eigenvalue weighted by Crippen LogP contribution is 2.39. The van der Waals surface area contributed by atoms with Gasteiger partial charge >= 0.3 is 0 Å². The standard InChI is InChI=1S/C28H28ClFN2O3S/c1-19-28(21-12-14-31(15-13-21)36(33,34)23-10-11-26(30)25(29)17-23)24-8-3-4-9-27(24)32(19)18-20-6-5-7-22(16-20)35-2/h3-11,16-17,21H,12-15,18H2,1-2H3. The molecule has 0 bridgehead atoms. The fraction of sp³-hybridized carbons (Fsp3) is 0.286. The molecule has 0 unspecified atom stereocenters. The van der Waals surface area contributed by atoms with E-state index < -0.39 is 15.8 Å². The molecular weight excluding hydrogens is 499 g/mol. The van der Waals surface area contributed by atoms with Crippen LogP contribution in [-0.2, 0) is 16.6 Å². The number of aromatic nitrogens is 1. The average Bonchev–Trinajstić information content (AvgIpc) is 3.16. The smallest absolute Gasteiger partial charge is 0.243 e. The zero-order valence-electron chi connectivity index (χ0n) is 20.2. The van der Waals surface area contributed by atoms with Crippen LogP contribution in [0.3, 0.4) is 0 Å². The highest BCUT2D eigenvalue weighted by atomic mass is 35.5. The molecule has 1 aromatic heterocycles. The Labute approximate surface area is 216 Å². The van der Waals surface area contributed by atoms with E-state index in [9.17, 15) is 12.8 Å². The van der Waals surface area contributed by atoms with Crippen LogP contribution in [0, 0.1) is 12.7 Å². The van der Waals surface area contributed by atoms with Crippen LogP contribution in [0.5, 0.6) is 5.75 Å². The van der Waals surface area contributed by atoms with E-state index in [1.807, 2.05) is 12.1 Å². The first-order chi connectivity index (χ1) is 17.3. The molecule has 1 aliphatic rings. The Hall–Kier alpha value is -2.87. The van der Waals surface area contributed by atoms with E-state index >= 15 is 0 Å². The van der Waals surface area contributed by atoms with Crippen molar-refractivity contribution in [2.75, 3.05) is 20.2 Å². The number of hydrogen-bond acceptors (Lipinski definition) is 3. The Bertz CT molecular complexity index is 1530. The highest BCUT2D eigenvalue weighted by molar-refractivity contribution is 7.89. The lowest BCUT2D eigenvalue weighted by molar-refractivity contribution is 0.319. The molecule has 36 heavy (non-hydrogen) atoms. The van der Waals surface area contributed by atoms with Crippen molar-refractivity contribution >= 4 is 32.5 Å². The van der Waals surface area contributed by atoms with E-state index in [0.29, 0.717) is 25.9 Å². The summed E-state index contributed by atoms with van der Waals surface area (Å²) in [7, 11) is -2.07. The highest BCUT2D eigenvalue weighted by Gasteiger charge is 2.32. The molecule has 5 rings (SSSR count). The van der Waals surface area contributed by atoms with Crippen molar-refractivity contribution in [3.8, 4) is 5.75 Å². The Morgan fingerprint density at radius 2 is 1.78 bits per heavy atom.